The van der Waals surface area contributed by atoms with Gasteiger partial charge in [0.1, 0.15) is 0 Å². The van der Waals surface area contributed by atoms with Crippen LogP contribution in [0, 0.1) is 6.92 Å². The molecule has 2 unspecified atom stereocenters. The first-order valence-corrected chi connectivity index (χ1v) is 7.28. The molecule has 4 heteroatoms. The maximum atomic E-state index is 10.5. The first kappa shape index (κ1) is 11.4. The molecule has 2 nitrogen and oxygen atoms in total. The normalized spacial score (nSPS) is 31.8. The summed E-state index contributed by atoms with van der Waals surface area (Å²) in [6.45, 7) is 4.13. The Kier molecular flexibility index (Phi) is 3.38. The minimum atomic E-state index is -0.535. The largest absolute Gasteiger partial charge is 0.388 e. The van der Waals surface area contributed by atoms with Gasteiger partial charge in [-0.1, -0.05) is 6.92 Å². The molecule has 0 aromatic carbocycles. The Hall–Kier alpha value is -0.0600. The number of nitrogens with zero attached hydrogens (tertiary/aromatic N) is 1. The van der Waals surface area contributed by atoms with Gasteiger partial charge >= 0.3 is 0 Å². The van der Waals surface area contributed by atoms with Gasteiger partial charge < -0.3 is 5.11 Å². The highest BCUT2D eigenvalue weighted by Crippen LogP contribution is 2.36. The number of aromatic nitrogens is 1. The Bertz CT molecular complexity index is 339. The number of thiazole rings is 1. The van der Waals surface area contributed by atoms with E-state index in [0.717, 1.165) is 30.0 Å². The number of hydrogen-bond acceptors (Lipinski definition) is 4. The Morgan fingerprint density at radius 3 is 3.07 bits per heavy atom. The van der Waals surface area contributed by atoms with Gasteiger partial charge in [0, 0.05) is 22.7 Å². The van der Waals surface area contributed by atoms with Crippen LogP contribution in [0.25, 0.3) is 0 Å². The van der Waals surface area contributed by atoms with E-state index in [1.807, 2.05) is 18.7 Å². The molecule has 0 aliphatic carbocycles. The van der Waals surface area contributed by atoms with Crippen LogP contribution < -0.4 is 0 Å². The molecule has 1 N–H and O–H groups in total. The molecule has 1 fully saturated rings. The van der Waals surface area contributed by atoms with Crippen LogP contribution in [-0.4, -0.2) is 26.7 Å². The first-order chi connectivity index (χ1) is 7.10. The molecule has 2 heterocycles. The fourth-order valence-corrected chi connectivity index (χ4v) is 4.04. The van der Waals surface area contributed by atoms with Crippen molar-refractivity contribution in [3.63, 3.8) is 0 Å². The zero-order chi connectivity index (χ0) is 10.9. The third-order valence-electron chi connectivity index (χ3n) is 3.00. The van der Waals surface area contributed by atoms with E-state index in [4.69, 9.17) is 0 Å². The molecule has 2 atom stereocenters. The van der Waals surface area contributed by atoms with Crippen molar-refractivity contribution in [3.05, 3.63) is 16.1 Å². The molecular weight excluding hydrogens is 226 g/mol. The van der Waals surface area contributed by atoms with E-state index >= 15 is 0 Å². The van der Waals surface area contributed by atoms with Crippen LogP contribution in [0.2, 0.25) is 0 Å². The lowest BCUT2D eigenvalue weighted by Gasteiger charge is -2.37. The Labute approximate surface area is 99.1 Å². The summed E-state index contributed by atoms with van der Waals surface area (Å²) in [7, 11) is 0. The summed E-state index contributed by atoms with van der Waals surface area (Å²) >= 11 is 3.54. The lowest BCUT2D eigenvalue weighted by molar-refractivity contribution is 0.0297. The number of aryl methyl sites for hydroxylation is 1. The molecule has 0 radical (unpaired) electrons. The molecule has 1 aromatic rings. The third-order valence-corrected chi connectivity index (χ3v) is 5.43. The van der Waals surface area contributed by atoms with Crippen molar-refractivity contribution >= 4 is 23.1 Å². The van der Waals surface area contributed by atoms with Crippen molar-refractivity contribution < 1.29 is 5.11 Å². The van der Waals surface area contributed by atoms with Gasteiger partial charge in [-0.15, -0.1) is 11.3 Å². The van der Waals surface area contributed by atoms with Crippen molar-refractivity contribution in [1.29, 1.82) is 0 Å². The molecule has 2 rings (SSSR count). The standard InChI is InChI=1S/C11H17NOS2/c1-8-7-15-10(12-8)6-11(13)4-3-5-14-9(11)2/h7,9,13H,3-6H2,1-2H3. The van der Waals surface area contributed by atoms with Crippen molar-refractivity contribution in [2.75, 3.05) is 5.75 Å². The van der Waals surface area contributed by atoms with E-state index in [0.29, 0.717) is 5.25 Å². The summed E-state index contributed by atoms with van der Waals surface area (Å²) < 4.78 is 0. The molecule has 15 heavy (non-hydrogen) atoms. The molecule has 84 valence electrons. The topological polar surface area (TPSA) is 33.1 Å². The van der Waals surface area contributed by atoms with Crippen LogP contribution in [0.4, 0.5) is 0 Å². The van der Waals surface area contributed by atoms with Crippen molar-refractivity contribution in [2.24, 2.45) is 0 Å². The van der Waals surface area contributed by atoms with Crippen LogP contribution in [0.5, 0.6) is 0 Å². The maximum Gasteiger partial charge on any atom is 0.0957 e. The van der Waals surface area contributed by atoms with Gasteiger partial charge in [0.25, 0.3) is 0 Å². The van der Waals surface area contributed by atoms with Gasteiger partial charge in [-0.3, -0.25) is 0 Å². The summed E-state index contributed by atoms with van der Waals surface area (Å²) in [6.07, 6.45) is 2.76. The number of aliphatic hydroxyl groups is 1. The molecule has 1 aliphatic heterocycles. The Balaban J connectivity index is 2.08. The molecule has 1 aromatic heterocycles. The van der Waals surface area contributed by atoms with E-state index < -0.39 is 5.60 Å². The van der Waals surface area contributed by atoms with E-state index in [9.17, 15) is 5.11 Å². The molecule has 0 spiro atoms. The number of thioether (sulfide) groups is 1. The zero-order valence-corrected chi connectivity index (χ0v) is 10.8. The number of rotatable bonds is 2. The highest BCUT2D eigenvalue weighted by atomic mass is 32.2. The van der Waals surface area contributed by atoms with Gasteiger partial charge in [-0.2, -0.15) is 11.8 Å². The predicted octanol–water partition coefficient (Wildman–Crippen LogP) is 2.64. The fraction of sp³-hybridized carbons (Fsp3) is 0.727. The number of hydrogen-bond donors (Lipinski definition) is 1. The quantitative estimate of drug-likeness (QED) is 0.867. The summed E-state index contributed by atoms with van der Waals surface area (Å²) in [5, 5.41) is 14.0. The van der Waals surface area contributed by atoms with Gasteiger partial charge in [0.15, 0.2) is 0 Å². The van der Waals surface area contributed by atoms with Gasteiger partial charge in [-0.25, -0.2) is 4.98 Å². The van der Waals surface area contributed by atoms with Crippen LogP contribution in [0.15, 0.2) is 5.38 Å². The lowest BCUT2D eigenvalue weighted by Crippen LogP contribution is -2.43. The van der Waals surface area contributed by atoms with Gasteiger partial charge in [-0.05, 0) is 25.5 Å². The SMILES string of the molecule is Cc1csc(CC2(O)CCCSC2C)n1. The predicted molar refractivity (Wildman–Crippen MR) is 66.7 cm³/mol. The summed E-state index contributed by atoms with van der Waals surface area (Å²) in [6, 6.07) is 0. The molecule has 1 saturated heterocycles. The van der Waals surface area contributed by atoms with Crippen molar-refractivity contribution in [1.82, 2.24) is 4.98 Å². The van der Waals surface area contributed by atoms with Crippen LogP contribution in [0.3, 0.4) is 0 Å². The van der Waals surface area contributed by atoms with Gasteiger partial charge in [0.05, 0.1) is 10.6 Å². The highest BCUT2D eigenvalue weighted by Gasteiger charge is 2.37. The maximum absolute atomic E-state index is 10.5. The smallest absolute Gasteiger partial charge is 0.0957 e. The molecule has 1 aliphatic rings. The highest BCUT2D eigenvalue weighted by molar-refractivity contribution is 8.00. The van der Waals surface area contributed by atoms with Crippen LogP contribution in [0.1, 0.15) is 30.5 Å². The zero-order valence-electron chi connectivity index (χ0n) is 9.19. The molecular formula is C11H17NOS2. The molecule has 0 bridgehead atoms. The second-order valence-corrected chi connectivity index (χ2v) is 6.67. The van der Waals surface area contributed by atoms with Crippen molar-refractivity contribution in [3.8, 4) is 0 Å². The van der Waals surface area contributed by atoms with Crippen molar-refractivity contribution in [2.45, 2.75) is 44.0 Å². The second-order valence-electron chi connectivity index (χ2n) is 4.28. The average Bonchev–Trinajstić information content (AvgIpc) is 2.57. The molecule has 0 saturated carbocycles. The van der Waals surface area contributed by atoms with Gasteiger partial charge in [0.2, 0.25) is 0 Å². The first-order valence-electron chi connectivity index (χ1n) is 5.35. The van der Waals surface area contributed by atoms with E-state index in [2.05, 4.69) is 17.3 Å². The van der Waals surface area contributed by atoms with E-state index in [1.54, 1.807) is 11.3 Å². The summed E-state index contributed by atoms with van der Waals surface area (Å²) in [4.78, 5) is 4.43. The lowest BCUT2D eigenvalue weighted by atomic mass is 9.90. The molecule has 0 amide bonds. The monoisotopic (exact) mass is 243 g/mol. The second kappa shape index (κ2) is 4.44. The third kappa shape index (κ3) is 2.55. The summed E-state index contributed by atoms with van der Waals surface area (Å²) in [5.41, 5.74) is 0.530. The Morgan fingerprint density at radius 2 is 2.47 bits per heavy atom. The van der Waals surface area contributed by atoms with Crippen LogP contribution >= 0.6 is 23.1 Å². The van der Waals surface area contributed by atoms with E-state index in [1.165, 1.54) is 5.75 Å². The van der Waals surface area contributed by atoms with Crippen LogP contribution in [-0.2, 0) is 6.42 Å². The summed E-state index contributed by atoms with van der Waals surface area (Å²) in [5.74, 6) is 1.18. The minimum absolute atomic E-state index is 0.329. The average molecular weight is 243 g/mol. The minimum Gasteiger partial charge on any atom is -0.388 e. The fourth-order valence-electron chi connectivity index (χ4n) is 1.97. The Morgan fingerprint density at radius 1 is 1.67 bits per heavy atom. The van der Waals surface area contributed by atoms with E-state index in [-0.39, 0.29) is 0 Å².